The maximum Gasteiger partial charge on any atom is 0.411 e. The number of amides is 1. The quantitative estimate of drug-likeness (QED) is 0.401. The van der Waals surface area contributed by atoms with Gasteiger partial charge in [0.05, 0.1) is 18.6 Å². The van der Waals surface area contributed by atoms with E-state index in [1.807, 2.05) is 52.0 Å². The zero-order valence-electron chi connectivity index (χ0n) is 18.8. The molecule has 0 bridgehead atoms. The molecule has 1 heterocycles. The van der Waals surface area contributed by atoms with Crippen LogP contribution in [-0.2, 0) is 16.0 Å². The van der Waals surface area contributed by atoms with Crippen molar-refractivity contribution in [2.24, 2.45) is 5.41 Å². The molecule has 1 aliphatic rings. The van der Waals surface area contributed by atoms with Gasteiger partial charge in [-0.05, 0) is 78.1 Å². The van der Waals surface area contributed by atoms with Crippen LogP contribution in [0.25, 0.3) is 0 Å². The first kappa shape index (κ1) is 22.8. The normalized spacial score (nSPS) is 17.1. The summed E-state index contributed by atoms with van der Waals surface area (Å²) >= 11 is 0. The van der Waals surface area contributed by atoms with Gasteiger partial charge in [0.1, 0.15) is 5.60 Å². The van der Waals surface area contributed by atoms with E-state index in [-0.39, 0.29) is 18.1 Å². The summed E-state index contributed by atoms with van der Waals surface area (Å²) in [4.78, 5) is 26.8. The predicted octanol–water partition coefficient (Wildman–Crippen LogP) is 5.06. The van der Waals surface area contributed by atoms with Crippen molar-refractivity contribution >= 4 is 12.1 Å². The Morgan fingerprint density at radius 3 is 2.28 bits per heavy atom. The summed E-state index contributed by atoms with van der Waals surface area (Å²) in [7, 11) is 1.54. The Morgan fingerprint density at radius 1 is 1.10 bits per heavy atom. The molecule has 1 amide bonds. The van der Waals surface area contributed by atoms with Gasteiger partial charge in [-0.25, -0.2) is 4.79 Å². The number of allylic oxidation sites excluding steroid dienone is 1. The van der Waals surface area contributed by atoms with E-state index in [0.717, 1.165) is 11.1 Å². The van der Waals surface area contributed by atoms with Crippen molar-refractivity contribution in [3.63, 3.8) is 0 Å². The summed E-state index contributed by atoms with van der Waals surface area (Å²) < 4.78 is 16.7. The average Bonchev–Trinajstić information content (AvgIpc) is 2.59. The Bertz CT molecular complexity index is 799. The van der Waals surface area contributed by atoms with Crippen molar-refractivity contribution in [2.45, 2.75) is 66.5 Å². The summed E-state index contributed by atoms with van der Waals surface area (Å²) in [6, 6.07) is 3.42. The first-order valence-corrected chi connectivity index (χ1v) is 9.93. The predicted molar refractivity (Wildman–Crippen MR) is 112 cm³/mol. The molecule has 0 aliphatic carbocycles. The summed E-state index contributed by atoms with van der Waals surface area (Å²) in [5.41, 5.74) is 0.765. The Labute approximate surface area is 173 Å². The van der Waals surface area contributed by atoms with Crippen LogP contribution in [-0.4, -0.2) is 36.2 Å². The smallest absolute Gasteiger partial charge is 0.411 e. The molecule has 0 spiro atoms. The molecule has 0 saturated heterocycles. The standard InChI is InChI=1S/C23H33NO5/c1-9-10-17-16-14-18(27-8)19(28-20(25)22(2,3)4)13-15(16)11-12-24(17)21(26)29-23(5,6)7/h9-10,13-14,17H,11-12H2,1-8H3/b10-9+/t17-/m0/s1. The number of benzene rings is 1. The Hall–Kier alpha value is -2.50. The van der Waals surface area contributed by atoms with Gasteiger partial charge in [0.25, 0.3) is 0 Å². The molecule has 1 atom stereocenters. The first-order chi connectivity index (χ1) is 13.4. The van der Waals surface area contributed by atoms with E-state index in [4.69, 9.17) is 14.2 Å². The van der Waals surface area contributed by atoms with Gasteiger partial charge in [-0.15, -0.1) is 0 Å². The molecule has 160 valence electrons. The van der Waals surface area contributed by atoms with Crippen LogP contribution in [0.2, 0.25) is 0 Å². The Morgan fingerprint density at radius 2 is 1.76 bits per heavy atom. The van der Waals surface area contributed by atoms with Crippen LogP contribution in [0.4, 0.5) is 4.79 Å². The number of esters is 1. The van der Waals surface area contributed by atoms with Crippen LogP contribution in [0.15, 0.2) is 24.3 Å². The lowest BCUT2D eigenvalue weighted by Gasteiger charge is -2.37. The summed E-state index contributed by atoms with van der Waals surface area (Å²) in [5.74, 6) is 0.532. The van der Waals surface area contributed by atoms with Crippen LogP contribution in [0.3, 0.4) is 0 Å². The fraction of sp³-hybridized carbons (Fsp3) is 0.565. The zero-order chi connectivity index (χ0) is 22.0. The summed E-state index contributed by atoms with van der Waals surface area (Å²) in [6.07, 6.45) is 4.15. The second-order valence-electron chi connectivity index (χ2n) is 9.24. The third-order valence-electron chi connectivity index (χ3n) is 4.52. The fourth-order valence-corrected chi connectivity index (χ4v) is 3.06. The number of hydrogen-bond acceptors (Lipinski definition) is 5. The number of carbonyl (C=O) groups is 2. The molecule has 1 aromatic carbocycles. The van der Waals surface area contributed by atoms with Crippen molar-refractivity contribution in [2.75, 3.05) is 13.7 Å². The van der Waals surface area contributed by atoms with Gasteiger partial charge >= 0.3 is 12.1 Å². The van der Waals surface area contributed by atoms with Crippen LogP contribution < -0.4 is 9.47 Å². The molecule has 0 unspecified atom stereocenters. The lowest BCUT2D eigenvalue weighted by molar-refractivity contribution is -0.143. The van der Waals surface area contributed by atoms with E-state index in [9.17, 15) is 9.59 Å². The number of rotatable bonds is 3. The van der Waals surface area contributed by atoms with Gasteiger partial charge in [0.2, 0.25) is 0 Å². The fourth-order valence-electron chi connectivity index (χ4n) is 3.06. The van der Waals surface area contributed by atoms with Crippen molar-refractivity contribution in [1.82, 2.24) is 4.90 Å². The second kappa shape index (κ2) is 8.47. The molecule has 0 saturated carbocycles. The summed E-state index contributed by atoms with van der Waals surface area (Å²) in [6.45, 7) is 13.4. The van der Waals surface area contributed by atoms with Crippen molar-refractivity contribution in [3.8, 4) is 11.5 Å². The van der Waals surface area contributed by atoms with Gasteiger partial charge in [-0.1, -0.05) is 12.2 Å². The van der Waals surface area contributed by atoms with E-state index >= 15 is 0 Å². The molecular weight excluding hydrogens is 370 g/mol. The minimum atomic E-state index is -0.623. The number of fused-ring (bicyclic) bond motifs is 1. The number of methoxy groups -OCH3 is 1. The largest absolute Gasteiger partial charge is 0.493 e. The van der Waals surface area contributed by atoms with Crippen molar-refractivity contribution in [1.29, 1.82) is 0 Å². The molecule has 0 N–H and O–H groups in total. The van der Waals surface area contributed by atoms with Crippen molar-refractivity contribution < 1.29 is 23.8 Å². The molecule has 0 radical (unpaired) electrons. The van der Waals surface area contributed by atoms with E-state index in [2.05, 4.69) is 0 Å². The highest BCUT2D eigenvalue weighted by atomic mass is 16.6. The van der Waals surface area contributed by atoms with Gasteiger partial charge in [-0.2, -0.15) is 0 Å². The van der Waals surface area contributed by atoms with Crippen molar-refractivity contribution in [3.05, 3.63) is 35.4 Å². The molecule has 1 aromatic rings. The van der Waals surface area contributed by atoms with Crippen LogP contribution in [0, 0.1) is 5.41 Å². The SMILES string of the molecule is C/C=C/[C@H]1c2cc(OC)c(OC(=O)C(C)(C)C)cc2CCN1C(=O)OC(C)(C)C. The van der Waals surface area contributed by atoms with E-state index in [1.165, 1.54) is 7.11 Å². The molecule has 0 fully saturated rings. The van der Waals surface area contributed by atoms with E-state index in [1.54, 1.807) is 25.7 Å². The molecule has 2 rings (SSSR count). The average molecular weight is 404 g/mol. The lowest BCUT2D eigenvalue weighted by atomic mass is 9.91. The molecule has 0 aromatic heterocycles. The Balaban J connectivity index is 2.43. The van der Waals surface area contributed by atoms with Crippen LogP contribution in [0.1, 0.15) is 65.6 Å². The van der Waals surface area contributed by atoms with Gasteiger partial charge in [-0.3, -0.25) is 9.69 Å². The molecule has 6 nitrogen and oxygen atoms in total. The number of hydrogen-bond donors (Lipinski definition) is 0. The van der Waals surface area contributed by atoms with Crippen LogP contribution in [0.5, 0.6) is 11.5 Å². The third-order valence-corrected chi connectivity index (χ3v) is 4.52. The van der Waals surface area contributed by atoms with E-state index < -0.39 is 11.0 Å². The second-order valence-corrected chi connectivity index (χ2v) is 9.24. The number of carbonyl (C=O) groups excluding carboxylic acids is 2. The maximum atomic E-state index is 12.8. The minimum absolute atomic E-state index is 0.278. The topological polar surface area (TPSA) is 65.1 Å². The zero-order valence-corrected chi connectivity index (χ0v) is 18.8. The Kier molecular flexibility index (Phi) is 6.66. The van der Waals surface area contributed by atoms with Gasteiger partial charge < -0.3 is 14.2 Å². The lowest BCUT2D eigenvalue weighted by Crippen LogP contribution is -2.42. The summed E-state index contributed by atoms with van der Waals surface area (Å²) in [5, 5.41) is 0. The molecule has 1 aliphatic heterocycles. The van der Waals surface area contributed by atoms with E-state index in [0.29, 0.717) is 24.5 Å². The number of ether oxygens (including phenoxy) is 3. The monoisotopic (exact) mass is 403 g/mol. The maximum absolute atomic E-state index is 12.8. The minimum Gasteiger partial charge on any atom is -0.493 e. The molecule has 29 heavy (non-hydrogen) atoms. The highest BCUT2D eigenvalue weighted by Gasteiger charge is 2.34. The third kappa shape index (κ3) is 5.52. The number of nitrogens with zero attached hydrogens (tertiary/aromatic N) is 1. The molecule has 6 heteroatoms. The molecular formula is C23H33NO5. The van der Waals surface area contributed by atoms with Gasteiger partial charge in [0.15, 0.2) is 11.5 Å². The highest BCUT2D eigenvalue weighted by molar-refractivity contribution is 5.79. The first-order valence-electron chi connectivity index (χ1n) is 9.93. The van der Waals surface area contributed by atoms with Gasteiger partial charge in [0, 0.05) is 6.54 Å². The highest BCUT2D eigenvalue weighted by Crippen LogP contribution is 2.40. The van der Waals surface area contributed by atoms with Crippen LogP contribution >= 0.6 is 0 Å².